The smallest absolute Gasteiger partial charge is 0.197 e. The molecule has 7 aromatic rings. The molecule has 0 N–H and O–H groups in total. The predicted octanol–water partition coefficient (Wildman–Crippen LogP) is 19.3. The SMILES string of the molecule is C/C=C\C(C)=C(/C)Cc1ccccc1C.CC.CC.CC.CC.Cc1ccc(C2=Cc3oc4cccc(-c5ccc(C)cc5)c4c(=O)c3CC=C2)cc1.Cc1ccccc1-c1ccccc1C. The Labute approximate surface area is 406 Å². The summed E-state index contributed by atoms with van der Waals surface area (Å²) in [5.41, 5.74) is 18.9. The number of fused-ring (bicyclic) bond motifs is 2. The van der Waals surface area contributed by atoms with Gasteiger partial charge in [-0.05, 0) is 136 Å². The van der Waals surface area contributed by atoms with Gasteiger partial charge in [0, 0.05) is 5.56 Å². The second kappa shape index (κ2) is 30.6. The molecule has 0 fully saturated rings. The van der Waals surface area contributed by atoms with Crippen LogP contribution in [0.25, 0.3) is 44.9 Å². The van der Waals surface area contributed by atoms with E-state index in [-0.39, 0.29) is 5.43 Å². The van der Waals surface area contributed by atoms with Crippen molar-refractivity contribution < 1.29 is 4.42 Å². The third kappa shape index (κ3) is 16.4. The van der Waals surface area contributed by atoms with Crippen molar-refractivity contribution in [2.24, 2.45) is 0 Å². The number of hydrogen-bond acceptors (Lipinski definition) is 2. The normalized spacial score (nSPS) is 11.3. The first-order valence-corrected chi connectivity index (χ1v) is 24.6. The maximum atomic E-state index is 13.6. The standard InChI is InChI=1S/C28H22O2.C15H20.C14H14.4C2H6/c1-18-9-13-20(14-10-18)22-5-3-7-24-26(17-22)30-25-8-4-6-23(27(25)28(24)29)21-15-11-19(2)12-16-21;1-5-8-12(2)14(4)11-15-10-7-6-9-13(15)3;1-11-7-3-5-9-13(11)14-10-6-4-8-12(14)2;4*1-2/h3-6,8-17H,7H2,1-2H3;5-10H,11H2,1-4H3;3-10H,1-2H3;4*1-2H3/b;8-5-,14-12+;;;;;. The van der Waals surface area contributed by atoms with Gasteiger partial charge >= 0.3 is 0 Å². The van der Waals surface area contributed by atoms with Crippen molar-refractivity contribution in [3.8, 4) is 22.3 Å². The van der Waals surface area contributed by atoms with Crippen LogP contribution in [0.2, 0.25) is 0 Å². The van der Waals surface area contributed by atoms with E-state index < -0.39 is 0 Å². The summed E-state index contributed by atoms with van der Waals surface area (Å²) in [4.78, 5) is 13.6. The molecule has 2 heteroatoms. The minimum atomic E-state index is 0.0495. The highest BCUT2D eigenvalue weighted by Gasteiger charge is 2.18. The van der Waals surface area contributed by atoms with Crippen molar-refractivity contribution in [2.45, 2.75) is 124 Å². The van der Waals surface area contributed by atoms with Crippen LogP contribution >= 0.6 is 0 Å². The topological polar surface area (TPSA) is 30.2 Å². The third-order valence-electron chi connectivity index (χ3n) is 11.1. The molecule has 0 unspecified atom stereocenters. The summed E-state index contributed by atoms with van der Waals surface area (Å²) >= 11 is 0. The van der Waals surface area contributed by atoms with Gasteiger partial charge in [0.05, 0.1) is 5.39 Å². The number of benzene rings is 6. The van der Waals surface area contributed by atoms with Gasteiger partial charge < -0.3 is 4.42 Å². The van der Waals surface area contributed by atoms with Crippen LogP contribution in [0.4, 0.5) is 0 Å². The maximum absolute atomic E-state index is 13.6. The van der Waals surface area contributed by atoms with E-state index in [1.54, 1.807) is 0 Å². The quantitative estimate of drug-likeness (QED) is 0.156. The van der Waals surface area contributed by atoms with Crippen LogP contribution in [-0.2, 0) is 12.8 Å². The average molecular weight is 893 g/mol. The van der Waals surface area contributed by atoms with E-state index in [1.165, 1.54) is 55.7 Å². The Morgan fingerprint density at radius 2 is 1.03 bits per heavy atom. The van der Waals surface area contributed by atoms with Crippen molar-refractivity contribution in [3.05, 3.63) is 235 Å². The Morgan fingerprint density at radius 3 is 1.54 bits per heavy atom. The second-order valence-electron chi connectivity index (χ2n) is 15.6. The van der Waals surface area contributed by atoms with E-state index >= 15 is 0 Å². The molecule has 0 amide bonds. The van der Waals surface area contributed by atoms with Crippen LogP contribution in [0.1, 0.15) is 126 Å². The molecule has 1 aliphatic rings. The summed E-state index contributed by atoms with van der Waals surface area (Å²) in [5.74, 6) is 0.647. The highest BCUT2D eigenvalue weighted by Crippen LogP contribution is 2.32. The monoisotopic (exact) mass is 893 g/mol. The summed E-state index contributed by atoms with van der Waals surface area (Å²) in [7, 11) is 0. The van der Waals surface area contributed by atoms with E-state index in [4.69, 9.17) is 4.42 Å². The van der Waals surface area contributed by atoms with Gasteiger partial charge in [0.2, 0.25) is 0 Å². The van der Waals surface area contributed by atoms with Gasteiger partial charge in [-0.15, -0.1) is 0 Å². The predicted molar refractivity (Wildman–Crippen MR) is 299 cm³/mol. The molecule has 0 saturated heterocycles. The molecule has 67 heavy (non-hydrogen) atoms. The molecule has 0 radical (unpaired) electrons. The molecule has 8 rings (SSSR count). The van der Waals surface area contributed by atoms with Crippen molar-refractivity contribution >= 4 is 22.6 Å². The lowest BCUT2D eigenvalue weighted by Gasteiger charge is -2.10. The first-order chi connectivity index (χ1) is 32.5. The first-order valence-electron chi connectivity index (χ1n) is 24.6. The van der Waals surface area contributed by atoms with Crippen LogP contribution in [0.5, 0.6) is 0 Å². The summed E-state index contributed by atoms with van der Waals surface area (Å²) < 4.78 is 6.29. The van der Waals surface area contributed by atoms with Crippen molar-refractivity contribution in [2.75, 3.05) is 0 Å². The molecule has 1 aromatic heterocycles. The van der Waals surface area contributed by atoms with Crippen molar-refractivity contribution in [1.29, 1.82) is 0 Å². The lowest BCUT2D eigenvalue weighted by molar-refractivity contribution is 0.584. The molecular weight excluding hydrogens is 813 g/mol. The van der Waals surface area contributed by atoms with E-state index in [0.717, 1.165) is 28.7 Å². The van der Waals surface area contributed by atoms with Crippen LogP contribution in [0.15, 0.2) is 184 Å². The van der Waals surface area contributed by atoms with E-state index in [0.29, 0.717) is 28.7 Å². The van der Waals surface area contributed by atoms with Crippen molar-refractivity contribution in [3.63, 3.8) is 0 Å². The van der Waals surface area contributed by atoms with Crippen LogP contribution in [0, 0.1) is 34.6 Å². The van der Waals surface area contributed by atoms with Gasteiger partial charge in [-0.25, -0.2) is 0 Å². The van der Waals surface area contributed by atoms with Crippen LogP contribution < -0.4 is 5.43 Å². The molecule has 1 heterocycles. The Bertz CT molecular complexity index is 2690. The first kappa shape index (κ1) is 56.6. The lowest BCUT2D eigenvalue weighted by atomic mass is 9.97. The van der Waals surface area contributed by atoms with Gasteiger partial charge in [0.1, 0.15) is 11.3 Å². The Hall–Kier alpha value is -6.51. The molecule has 1 aliphatic carbocycles. The minimum absolute atomic E-state index is 0.0495. The number of allylic oxidation sites excluding steroid dienone is 7. The molecular formula is C65H80O2. The lowest BCUT2D eigenvalue weighted by Crippen LogP contribution is -2.11. The maximum Gasteiger partial charge on any atom is 0.197 e. The summed E-state index contributed by atoms with van der Waals surface area (Å²) in [5, 5.41) is 0.653. The van der Waals surface area contributed by atoms with Gasteiger partial charge in [0.15, 0.2) is 5.43 Å². The minimum Gasteiger partial charge on any atom is -0.456 e. The van der Waals surface area contributed by atoms with E-state index in [1.807, 2.05) is 79.7 Å². The fourth-order valence-corrected chi connectivity index (χ4v) is 7.37. The zero-order chi connectivity index (χ0) is 49.9. The van der Waals surface area contributed by atoms with Crippen LogP contribution in [0.3, 0.4) is 0 Å². The second-order valence-corrected chi connectivity index (χ2v) is 15.6. The molecule has 0 spiro atoms. The molecule has 2 nitrogen and oxygen atoms in total. The van der Waals surface area contributed by atoms with Gasteiger partial charge in [-0.2, -0.15) is 0 Å². The molecule has 6 aromatic carbocycles. The van der Waals surface area contributed by atoms with Gasteiger partial charge in [0.25, 0.3) is 0 Å². The Kier molecular flexibility index (Phi) is 25.9. The van der Waals surface area contributed by atoms with E-state index in [9.17, 15) is 4.79 Å². The third-order valence-corrected chi connectivity index (χ3v) is 11.1. The highest BCUT2D eigenvalue weighted by molar-refractivity contribution is 5.96. The molecule has 0 aliphatic heterocycles. The number of hydrogen-bond donors (Lipinski definition) is 0. The molecule has 0 atom stereocenters. The van der Waals surface area contributed by atoms with E-state index in [2.05, 4.69) is 201 Å². The van der Waals surface area contributed by atoms with Crippen LogP contribution in [-0.4, -0.2) is 0 Å². The average Bonchev–Trinajstić information content (AvgIpc) is 3.59. The largest absolute Gasteiger partial charge is 0.456 e. The van der Waals surface area contributed by atoms with Gasteiger partial charge in [-0.3, -0.25) is 4.79 Å². The van der Waals surface area contributed by atoms with Crippen molar-refractivity contribution in [1.82, 2.24) is 0 Å². The zero-order valence-electron chi connectivity index (χ0n) is 43.9. The molecule has 352 valence electrons. The molecule has 0 saturated carbocycles. The zero-order valence-corrected chi connectivity index (χ0v) is 43.9. The number of aryl methyl sites for hydroxylation is 5. The Balaban J connectivity index is 0.000000352. The Morgan fingerprint density at radius 1 is 0.552 bits per heavy atom. The fraction of sp³-hybridized carbons (Fsp3) is 0.277. The summed E-state index contributed by atoms with van der Waals surface area (Å²) in [6.07, 6.45) is 12.0. The number of rotatable bonds is 6. The fourth-order valence-electron chi connectivity index (χ4n) is 7.37. The van der Waals surface area contributed by atoms with Gasteiger partial charge in [-0.1, -0.05) is 235 Å². The summed E-state index contributed by atoms with van der Waals surface area (Å²) in [6.45, 7) is 33.1. The summed E-state index contributed by atoms with van der Waals surface area (Å²) in [6, 6.07) is 48.1. The molecule has 0 bridgehead atoms. The highest BCUT2D eigenvalue weighted by atomic mass is 16.3.